The van der Waals surface area contributed by atoms with Gasteiger partial charge in [-0.2, -0.15) is 0 Å². The highest BCUT2D eigenvalue weighted by atomic mass is 16.1. The zero-order valence-corrected chi connectivity index (χ0v) is 10.3. The monoisotopic (exact) mass is 207 g/mol. The molecule has 0 spiro atoms. The van der Waals surface area contributed by atoms with E-state index in [1.54, 1.807) is 0 Å². The normalized spacial score (nSPS) is 8.87. The summed E-state index contributed by atoms with van der Waals surface area (Å²) >= 11 is 0. The van der Waals surface area contributed by atoms with Crippen LogP contribution in [-0.2, 0) is 4.79 Å². The molecule has 1 aromatic carbocycles. The highest BCUT2D eigenvalue weighted by Gasteiger charge is 2.04. The summed E-state index contributed by atoms with van der Waals surface area (Å²) in [6.07, 6.45) is 0.522. The van der Waals surface area contributed by atoms with Gasteiger partial charge < -0.3 is 5.32 Å². The zero-order chi connectivity index (χ0) is 11.8. The Bertz CT molecular complexity index is 298. The Hall–Kier alpha value is -1.31. The third-order valence-electron chi connectivity index (χ3n) is 2.07. The second kappa shape index (κ2) is 7.04. The molecule has 0 heterocycles. The number of carbonyl (C=O) groups excluding carboxylic acids is 1. The molecule has 1 N–H and O–H groups in total. The number of para-hydroxylation sites is 1. The van der Waals surface area contributed by atoms with Crippen LogP contribution >= 0.6 is 0 Å². The summed E-state index contributed by atoms with van der Waals surface area (Å²) < 4.78 is 0. The number of rotatable bonds is 2. The van der Waals surface area contributed by atoms with Gasteiger partial charge in [-0.05, 0) is 25.0 Å². The van der Waals surface area contributed by atoms with Gasteiger partial charge in [0, 0.05) is 12.1 Å². The van der Waals surface area contributed by atoms with Gasteiger partial charge in [0.25, 0.3) is 0 Å². The highest BCUT2D eigenvalue weighted by Crippen LogP contribution is 2.19. The van der Waals surface area contributed by atoms with Crippen molar-refractivity contribution in [2.75, 3.05) is 5.32 Å². The number of hydrogen-bond acceptors (Lipinski definition) is 1. The molecule has 1 rings (SSSR count). The minimum Gasteiger partial charge on any atom is -0.326 e. The third-order valence-corrected chi connectivity index (χ3v) is 2.07. The van der Waals surface area contributed by atoms with Crippen molar-refractivity contribution in [2.45, 2.75) is 41.0 Å². The lowest BCUT2D eigenvalue weighted by molar-refractivity contribution is -0.115. The van der Waals surface area contributed by atoms with Crippen LogP contribution in [0, 0.1) is 13.8 Å². The predicted molar refractivity (Wildman–Crippen MR) is 66.2 cm³/mol. The first-order valence-corrected chi connectivity index (χ1v) is 5.51. The number of amides is 1. The van der Waals surface area contributed by atoms with Gasteiger partial charge in [0.2, 0.25) is 5.91 Å². The van der Waals surface area contributed by atoms with E-state index >= 15 is 0 Å². The van der Waals surface area contributed by atoms with Crippen LogP contribution in [0.3, 0.4) is 0 Å². The fourth-order valence-electron chi connectivity index (χ4n) is 1.24. The topological polar surface area (TPSA) is 29.1 Å². The van der Waals surface area contributed by atoms with Crippen molar-refractivity contribution in [3.8, 4) is 0 Å². The van der Waals surface area contributed by atoms with Crippen LogP contribution in [0.1, 0.15) is 38.3 Å². The standard InChI is InChI=1S/C11H15NO.C2H6/c1-4-10(13)12-11-8(2)6-5-7-9(11)3;1-2/h5-7H,4H2,1-3H3,(H,12,13);1-2H3. The van der Waals surface area contributed by atoms with Crippen LogP contribution in [-0.4, -0.2) is 5.91 Å². The summed E-state index contributed by atoms with van der Waals surface area (Å²) in [5, 5.41) is 2.89. The largest absolute Gasteiger partial charge is 0.326 e. The molecule has 0 aliphatic carbocycles. The molecule has 0 saturated heterocycles. The van der Waals surface area contributed by atoms with Crippen molar-refractivity contribution in [3.05, 3.63) is 29.3 Å². The zero-order valence-electron chi connectivity index (χ0n) is 10.3. The van der Waals surface area contributed by atoms with Crippen LogP contribution in [0.25, 0.3) is 0 Å². The molecule has 0 saturated carbocycles. The van der Waals surface area contributed by atoms with Gasteiger partial charge >= 0.3 is 0 Å². The lowest BCUT2D eigenvalue weighted by atomic mass is 10.1. The molecule has 2 nitrogen and oxygen atoms in total. The molecule has 15 heavy (non-hydrogen) atoms. The lowest BCUT2D eigenvalue weighted by Crippen LogP contribution is -2.11. The Kier molecular flexibility index (Phi) is 6.43. The van der Waals surface area contributed by atoms with E-state index < -0.39 is 0 Å². The number of carbonyl (C=O) groups is 1. The van der Waals surface area contributed by atoms with Crippen LogP contribution in [0.2, 0.25) is 0 Å². The summed E-state index contributed by atoms with van der Waals surface area (Å²) in [7, 11) is 0. The predicted octanol–water partition coefficient (Wildman–Crippen LogP) is 3.68. The van der Waals surface area contributed by atoms with Gasteiger partial charge in [0.1, 0.15) is 0 Å². The fraction of sp³-hybridized carbons (Fsp3) is 0.462. The number of nitrogens with one attached hydrogen (secondary N) is 1. The molecular formula is C13H21NO. The van der Waals surface area contributed by atoms with E-state index in [9.17, 15) is 4.79 Å². The lowest BCUT2D eigenvalue weighted by Gasteiger charge is -2.10. The Morgan fingerprint density at radius 1 is 1.20 bits per heavy atom. The molecule has 1 amide bonds. The molecule has 2 heteroatoms. The van der Waals surface area contributed by atoms with Crippen LogP contribution in [0.15, 0.2) is 18.2 Å². The van der Waals surface area contributed by atoms with Crippen LogP contribution < -0.4 is 5.32 Å². The van der Waals surface area contributed by atoms with E-state index in [0.717, 1.165) is 16.8 Å². The van der Waals surface area contributed by atoms with E-state index in [1.807, 2.05) is 52.8 Å². The van der Waals surface area contributed by atoms with Crippen molar-refractivity contribution in [1.29, 1.82) is 0 Å². The molecule has 0 fully saturated rings. The first kappa shape index (κ1) is 13.7. The van der Waals surface area contributed by atoms with Gasteiger partial charge in [-0.15, -0.1) is 0 Å². The minimum absolute atomic E-state index is 0.0670. The van der Waals surface area contributed by atoms with Gasteiger partial charge in [0.05, 0.1) is 0 Å². The summed E-state index contributed by atoms with van der Waals surface area (Å²) in [6, 6.07) is 5.99. The maximum absolute atomic E-state index is 11.2. The molecule has 0 atom stereocenters. The highest BCUT2D eigenvalue weighted by molar-refractivity contribution is 5.92. The molecule has 0 aliphatic heterocycles. The number of aryl methyl sites for hydroxylation is 2. The van der Waals surface area contributed by atoms with Crippen molar-refractivity contribution >= 4 is 11.6 Å². The summed E-state index contributed by atoms with van der Waals surface area (Å²) in [5.74, 6) is 0.0670. The van der Waals surface area contributed by atoms with Crippen molar-refractivity contribution in [3.63, 3.8) is 0 Å². The van der Waals surface area contributed by atoms with E-state index in [1.165, 1.54) is 0 Å². The summed E-state index contributed by atoms with van der Waals surface area (Å²) in [6.45, 7) is 9.85. The number of benzene rings is 1. The van der Waals surface area contributed by atoms with Gasteiger partial charge in [0.15, 0.2) is 0 Å². The minimum atomic E-state index is 0.0670. The van der Waals surface area contributed by atoms with E-state index in [4.69, 9.17) is 0 Å². The van der Waals surface area contributed by atoms with E-state index in [0.29, 0.717) is 6.42 Å². The van der Waals surface area contributed by atoms with Crippen LogP contribution in [0.5, 0.6) is 0 Å². The molecule has 0 aromatic heterocycles. The quantitative estimate of drug-likeness (QED) is 0.787. The van der Waals surface area contributed by atoms with Crippen LogP contribution in [0.4, 0.5) is 5.69 Å². The second-order valence-corrected chi connectivity index (χ2v) is 3.17. The molecule has 0 bridgehead atoms. The van der Waals surface area contributed by atoms with Crippen molar-refractivity contribution in [1.82, 2.24) is 0 Å². The Balaban J connectivity index is 0.000000921. The summed E-state index contributed by atoms with van der Waals surface area (Å²) in [4.78, 5) is 11.2. The van der Waals surface area contributed by atoms with Crippen molar-refractivity contribution < 1.29 is 4.79 Å². The Morgan fingerprint density at radius 3 is 2.07 bits per heavy atom. The maximum atomic E-state index is 11.2. The van der Waals surface area contributed by atoms with E-state index in [-0.39, 0.29) is 5.91 Å². The fourth-order valence-corrected chi connectivity index (χ4v) is 1.24. The molecule has 0 unspecified atom stereocenters. The van der Waals surface area contributed by atoms with Gasteiger partial charge in [-0.25, -0.2) is 0 Å². The molecule has 1 aromatic rings. The SMILES string of the molecule is CC.CCC(=O)Nc1c(C)cccc1C. The third kappa shape index (κ3) is 4.15. The smallest absolute Gasteiger partial charge is 0.224 e. The number of hydrogen-bond donors (Lipinski definition) is 1. The van der Waals surface area contributed by atoms with Crippen molar-refractivity contribution in [2.24, 2.45) is 0 Å². The summed E-state index contributed by atoms with van der Waals surface area (Å²) in [5.41, 5.74) is 3.18. The molecule has 0 aliphatic rings. The average molecular weight is 207 g/mol. The van der Waals surface area contributed by atoms with E-state index in [2.05, 4.69) is 5.32 Å². The first-order chi connectivity index (χ1) is 7.15. The van der Waals surface area contributed by atoms with Gasteiger partial charge in [-0.1, -0.05) is 39.0 Å². The second-order valence-electron chi connectivity index (χ2n) is 3.17. The molecular weight excluding hydrogens is 186 g/mol. The maximum Gasteiger partial charge on any atom is 0.224 e. The average Bonchev–Trinajstić information content (AvgIpc) is 2.26. The Labute approximate surface area is 92.7 Å². The van der Waals surface area contributed by atoms with Gasteiger partial charge in [-0.3, -0.25) is 4.79 Å². The molecule has 84 valence electrons. The molecule has 0 radical (unpaired) electrons. The first-order valence-electron chi connectivity index (χ1n) is 5.51. The number of anilines is 1. The Morgan fingerprint density at radius 2 is 1.67 bits per heavy atom.